The van der Waals surface area contributed by atoms with Gasteiger partial charge in [0.1, 0.15) is 12.4 Å². The lowest BCUT2D eigenvalue weighted by Crippen LogP contribution is -1.99. The maximum atomic E-state index is 9.02. The Labute approximate surface area is 118 Å². The molecule has 0 amide bonds. The van der Waals surface area contributed by atoms with Crippen LogP contribution >= 0.6 is 11.6 Å². The topological polar surface area (TPSA) is 33.0 Å². The molecule has 2 aromatic rings. The molecule has 0 N–H and O–H groups in total. The molecule has 0 fully saturated rings. The molecule has 96 valence electrons. The second-order valence-corrected chi connectivity index (χ2v) is 4.81. The third kappa shape index (κ3) is 3.07. The molecule has 2 rings (SSSR count). The van der Waals surface area contributed by atoms with Gasteiger partial charge in [-0.25, -0.2) is 0 Å². The Balaban J connectivity index is 2.17. The first-order valence-electron chi connectivity index (χ1n) is 5.99. The zero-order valence-corrected chi connectivity index (χ0v) is 11.7. The Kier molecular flexibility index (Phi) is 4.09. The van der Waals surface area contributed by atoms with E-state index in [1.165, 1.54) is 0 Å². The van der Waals surface area contributed by atoms with Crippen LogP contribution < -0.4 is 4.74 Å². The maximum Gasteiger partial charge on any atom is 0.120 e. The highest BCUT2D eigenvalue weighted by molar-refractivity contribution is 6.32. The minimum atomic E-state index is 0.379. The quantitative estimate of drug-likeness (QED) is 0.828. The van der Waals surface area contributed by atoms with Crippen LogP contribution in [-0.2, 0) is 6.61 Å². The predicted octanol–water partition coefficient (Wildman–Crippen LogP) is 4.41. The molecule has 0 saturated carbocycles. The third-order valence-corrected chi connectivity index (χ3v) is 3.54. The summed E-state index contributed by atoms with van der Waals surface area (Å²) >= 11 is 6.12. The molecule has 0 atom stereocenters. The zero-order chi connectivity index (χ0) is 13.8. The van der Waals surface area contributed by atoms with Gasteiger partial charge in [0.2, 0.25) is 0 Å². The largest absolute Gasteiger partial charge is 0.489 e. The van der Waals surface area contributed by atoms with Crippen molar-refractivity contribution < 1.29 is 4.74 Å². The van der Waals surface area contributed by atoms with Crippen LogP contribution in [0.1, 0.15) is 22.3 Å². The van der Waals surface area contributed by atoms with Crippen molar-refractivity contribution in [3.05, 3.63) is 63.7 Å². The van der Waals surface area contributed by atoms with E-state index in [1.807, 2.05) is 44.2 Å². The maximum absolute atomic E-state index is 9.02. The average Bonchev–Trinajstić information content (AvgIpc) is 2.42. The first-order valence-corrected chi connectivity index (χ1v) is 6.37. The Bertz CT molecular complexity index is 620. The van der Waals surface area contributed by atoms with Gasteiger partial charge in [-0.2, -0.15) is 5.26 Å². The molecular weight excluding hydrogens is 258 g/mol. The molecule has 2 nitrogen and oxygen atoms in total. The molecule has 2 aromatic carbocycles. The molecule has 0 heterocycles. The minimum absolute atomic E-state index is 0.379. The van der Waals surface area contributed by atoms with Gasteiger partial charge in [-0.15, -0.1) is 0 Å². The summed E-state index contributed by atoms with van der Waals surface area (Å²) in [4.78, 5) is 0. The number of rotatable bonds is 3. The summed E-state index contributed by atoms with van der Waals surface area (Å²) in [6, 6.07) is 13.4. The molecule has 0 aromatic heterocycles. The van der Waals surface area contributed by atoms with Crippen molar-refractivity contribution in [1.29, 1.82) is 5.26 Å². The van der Waals surface area contributed by atoms with Gasteiger partial charge in [0.15, 0.2) is 0 Å². The Hall–Kier alpha value is -1.98. The van der Waals surface area contributed by atoms with E-state index in [1.54, 1.807) is 6.07 Å². The van der Waals surface area contributed by atoms with Crippen LogP contribution in [0.5, 0.6) is 5.75 Å². The van der Waals surface area contributed by atoms with Crippen LogP contribution in [0.25, 0.3) is 0 Å². The van der Waals surface area contributed by atoms with Crippen molar-refractivity contribution in [1.82, 2.24) is 0 Å². The molecule has 0 saturated heterocycles. The predicted molar refractivity (Wildman–Crippen MR) is 76.4 cm³/mol. The van der Waals surface area contributed by atoms with Crippen molar-refractivity contribution >= 4 is 11.6 Å². The second-order valence-electron chi connectivity index (χ2n) is 4.43. The van der Waals surface area contributed by atoms with Crippen molar-refractivity contribution in [2.24, 2.45) is 0 Å². The van der Waals surface area contributed by atoms with Crippen molar-refractivity contribution in [3.8, 4) is 11.8 Å². The molecule has 0 aliphatic rings. The minimum Gasteiger partial charge on any atom is -0.489 e. The number of benzene rings is 2. The standard InChI is InChI=1S/C16H14ClNO/c1-11-7-15(8-12(2)16(11)17)19-10-14-6-4-3-5-13(14)9-18/h3-8H,10H2,1-2H3. The molecule has 3 heteroatoms. The van der Waals surface area contributed by atoms with Gasteiger partial charge in [-0.05, 0) is 43.2 Å². The van der Waals surface area contributed by atoms with E-state index >= 15 is 0 Å². The fraction of sp³-hybridized carbons (Fsp3) is 0.188. The van der Waals surface area contributed by atoms with E-state index in [2.05, 4.69) is 6.07 Å². The summed E-state index contributed by atoms with van der Waals surface area (Å²) in [5.74, 6) is 0.771. The number of aryl methyl sites for hydroxylation is 2. The SMILES string of the molecule is Cc1cc(OCc2ccccc2C#N)cc(C)c1Cl. The zero-order valence-electron chi connectivity index (χ0n) is 10.9. The van der Waals surface area contributed by atoms with Gasteiger partial charge < -0.3 is 4.74 Å². The lowest BCUT2D eigenvalue weighted by molar-refractivity contribution is 0.305. The van der Waals surface area contributed by atoms with Crippen LogP contribution in [-0.4, -0.2) is 0 Å². The lowest BCUT2D eigenvalue weighted by atomic mass is 10.1. The monoisotopic (exact) mass is 271 g/mol. The first-order chi connectivity index (χ1) is 9.11. The summed E-state index contributed by atoms with van der Waals surface area (Å²) in [6.07, 6.45) is 0. The fourth-order valence-electron chi connectivity index (χ4n) is 1.91. The number of hydrogen-bond acceptors (Lipinski definition) is 2. The summed E-state index contributed by atoms with van der Waals surface area (Å²) in [5.41, 5.74) is 3.51. The normalized spacial score (nSPS) is 10.0. The second kappa shape index (κ2) is 5.77. The summed E-state index contributed by atoms with van der Waals surface area (Å²) in [7, 11) is 0. The molecular formula is C16H14ClNO. The molecule has 0 aliphatic heterocycles. The van der Waals surface area contributed by atoms with E-state index in [-0.39, 0.29) is 0 Å². The highest BCUT2D eigenvalue weighted by Crippen LogP contribution is 2.26. The van der Waals surface area contributed by atoms with E-state index in [9.17, 15) is 0 Å². The van der Waals surface area contributed by atoms with E-state index < -0.39 is 0 Å². The van der Waals surface area contributed by atoms with E-state index in [0.29, 0.717) is 12.2 Å². The summed E-state index contributed by atoms with van der Waals surface area (Å²) < 4.78 is 5.74. The lowest BCUT2D eigenvalue weighted by Gasteiger charge is -2.10. The number of ether oxygens (including phenoxy) is 1. The number of halogens is 1. The van der Waals surface area contributed by atoms with E-state index in [0.717, 1.165) is 27.5 Å². The van der Waals surface area contributed by atoms with Gasteiger partial charge in [0, 0.05) is 10.6 Å². The molecule has 0 spiro atoms. The van der Waals surface area contributed by atoms with Gasteiger partial charge >= 0.3 is 0 Å². The van der Waals surface area contributed by atoms with Crippen molar-refractivity contribution in [3.63, 3.8) is 0 Å². The summed E-state index contributed by atoms with van der Waals surface area (Å²) in [6.45, 7) is 4.28. The fourth-order valence-corrected chi connectivity index (χ4v) is 2.01. The van der Waals surface area contributed by atoms with E-state index in [4.69, 9.17) is 21.6 Å². The van der Waals surface area contributed by atoms with Crippen molar-refractivity contribution in [2.45, 2.75) is 20.5 Å². The number of hydrogen-bond donors (Lipinski definition) is 0. The van der Waals surface area contributed by atoms with Crippen LogP contribution in [0.15, 0.2) is 36.4 Å². The van der Waals surface area contributed by atoms with Gasteiger partial charge in [-0.1, -0.05) is 29.8 Å². The number of nitriles is 1. The molecule has 0 radical (unpaired) electrons. The van der Waals surface area contributed by atoms with Crippen LogP contribution in [0.2, 0.25) is 5.02 Å². The van der Waals surface area contributed by atoms with Crippen molar-refractivity contribution in [2.75, 3.05) is 0 Å². The first kappa shape index (κ1) is 13.5. The molecule has 19 heavy (non-hydrogen) atoms. The van der Waals surface area contributed by atoms with Crippen LogP contribution in [0.3, 0.4) is 0 Å². The molecule has 0 aliphatic carbocycles. The number of nitrogens with zero attached hydrogens (tertiary/aromatic N) is 1. The molecule has 0 bridgehead atoms. The third-order valence-electron chi connectivity index (χ3n) is 2.94. The van der Waals surface area contributed by atoms with Crippen LogP contribution in [0, 0.1) is 25.2 Å². The van der Waals surface area contributed by atoms with Gasteiger partial charge in [0.25, 0.3) is 0 Å². The highest BCUT2D eigenvalue weighted by atomic mass is 35.5. The Morgan fingerprint density at radius 3 is 2.42 bits per heavy atom. The smallest absolute Gasteiger partial charge is 0.120 e. The van der Waals surface area contributed by atoms with Gasteiger partial charge in [-0.3, -0.25) is 0 Å². The summed E-state index contributed by atoms with van der Waals surface area (Å²) in [5, 5.41) is 9.79. The average molecular weight is 272 g/mol. The van der Waals surface area contributed by atoms with Crippen LogP contribution in [0.4, 0.5) is 0 Å². The molecule has 0 unspecified atom stereocenters. The highest BCUT2D eigenvalue weighted by Gasteiger charge is 2.05. The Morgan fingerprint density at radius 1 is 1.16 bits per heavy atom. The Morgan fingerprint density at radius 2 is 1.79 bits per heavy atom. The van der Waals surface area contributed by atoms with Gasteiger partial charge in [0.05, 0.1) is 11.6 Å².